The van der Waals surface area contributed by atoms with Crippen LogP contribution in [0.5, 0.6) is 0 Å². The topological polar surface area (TPSA) is 51.4 Å². The lowest BCUT2D eigenvalue weighted by molar-refractivity contribution is 0.0897. The Labute approximate surface area is 127 Å². The summed E-state index contributed by atoms with van der Waals surface area (Å²) in [7, 11) is 0. The van der Waals surface area contributed by atoms with Crippen molar-refractivity contribution in [2.45, 2.75) is 6.42 Å². The number of ketones is 2. The molecule has 0 aromatic carbocycles. The molecule has 3 aromatic heterocycles. The Hall–Kier alpha value is -1.79. The summed E-state index contributed by atoms with van der Waals surface area (Å²) in [6, 6.07) is 9.01. The summed E-state index contributed by atoms with van der Waals surface area (Å²) >= 11 is 4.64. The third-order valence-corrected chi connectivity index (χ3v) is 4.56. The molecule has 3 aromatic rings. The van der Waals surface area contributed by atoms with Crippen molar-refractivity contribution in [1.82, 2.24) is 9.61 Å². The second-order valence-corrected chi connectivity index (χ2v) is 6.68. The lowest BCUT2D eigenvalue weighted by Crippen LogP contribution is -2.07. The van der Waals surface area contributed by atoms with Crippen molar-refractivity contribution in [2.75, 3.05) is 0 Å². The fourth-order valence-electron chi connectivity index (χ4n) is 1.94. The van der Waals surface area contributed by atoms with Gasteiger partial charge in [-0.3, -0.25) is 9.59 Å². The molecule has 0 radical (unpaired) electrons. The van der Waals surface area contributed by atoms with Crippen LogP contribution in [0.3, 0.4) is 0 Å². The van der Waals surface area contributed by atoms with Crippen molar-refractivity contribution in [3.8, 4) is 0 Å². The normalized spacial score (nSPS) is 10.8. The molecule has 3 rings (SSSR count). The summed E-state index contributed by atoms with van der Waals surface area (Å²) in [6.07, 6.45) is 3.14. The van der Waals surface area contributed by atoms with Crippen LogP contribution in [0.15, 0.2) is 46.5 Å². The quantitative estimate of drug-likeness (QED) is 0.534. The van der Waals surface area contributed by atoms with Crippen LogP contribution in [0.4, 0.5) is 0 Å². The largest absolute Gasteiger partial charge is 0.294 e. The summed E-state index contributed by atoms with van der Waals surface area (Å²) in [5.74, 6) is -0.373. The van der Waals surface area contributed by atoms with Crippen molar-refractivity contribution in [2.24, 2.45) is 0 Å². The molecule has 100 valence electrons. The van der Waals surface area contributed by atoms with E-state index in [1.807, 2.05) is 18.2 Å². The molecule has 0 unspecified atom stereocenters. The molecule has 0 aliphatic heterocycles. The first-order chi connectivity index (χ1) is 9.65. The van der Waals surface area contributed by atoms with E-state index in [1.165, 1.54) is 17.5 Å². The Morgan fingerprint density at radius 3 is 2.80 bits per heavy atom. The minimum atomic E-state index is -0.208. The van der Waals surface area contributed by atoms with Gasteiger partial charge in [-0.05, 0) is 40.2 Å². The zero-order valence-corrected chi connectivity index (χ0v) is 12.6. The number of pyridine rings is 1. The maximum atomic E-state index is 12.2. The highest BCUT2D eigenvalue weighted by atomic mass is 79.9. The molecule has 4 nitrogen and oxygen atoms in total. The minimum Gasteiger partial charge on any atom is -0.294 e. The van der Waals surface area contributed by atoms with Crippen LogP contribution in [-0.2, 0) is 0 Å². The molecule has 0 amide bonds. The number of thiophene rings is 1. The van der Waals surface area contributed by atoms with Crippen molar-refractivity contribution >= 4 is 44.3 Å². The first-order valence-electron chi connectivity index (χ1n) is 5.89. The van der Waals surface area contributed by atoms with Gasteiger partial charge in [-0.15, -0.1) is 11.3 Å². The van der Waals surface area contributed by atoms with Crippen molar-refractivity contribution < 1.29 is 9.59 Å². The molecule has 0 saturated heterocycles. The van der Waals surface area contributed by atoms with Gasteiger partial charge in [-0.1, -0.05) is 6.07 Å². The predicted octanol–water partition coefficient (Wildman–Crippen LogP) is 3.61. The number of nitrogens with zero attached hydrogens (tertiary/aromatic N) is 2. The molecule has 0 saturated carbocycles. The number of halogens is 1. The van der Waals surface area contributed by atoms with E-state index in [4.69, 9.17) is 0 Å². The Balaban J connectivity index is 1.84. The Morgan fingerprint density at radius 1 is 1.20 bits per heavy atom. The third kappa shape index (κ3) is 2.44. The van der Waals surface area contributed by atoms with Gasteiger partial charge in [0.05, 0.1) is 32.4 Å². The van der Waals surface area contributed by atoms with Gasteiger partial charge in [0.1, 0.15) is 0 Å². The molecule has 6 heteroatoms. The van der Waals surface area contributed by atoms with Gasteiger partial charge in [-0.25, -0.2) is 4.52 Å². The Bertz CT molecular complexity index is 806. The molecule has 0 bridgehead atoms. The number of carbonyl (C=O) groups is 2. The summed E-state index contributed by atoms with van der Waals surface area (Å²) in [5.41, 5.74) is 1.20. The highest BCUT2D eigenvalue weighted by Crippen LogP contribution is 2.24. The van der Waals surface area contributed by atoms with Crippen molar-refractivity contribution in [3.05, 3.63) is 57.0 Å². The Kier molecular flexibility index (Phi) is 3.50. The lowest BCUT2D eigenvalue weighted by atomic mass is 10.1. The maximum Gasteiger partial charge on any atom is 0.180 e. The third-order valence-electron chi connectivity index (χ3n) is 2.90. The van der Waals surface area contributed by atoms with Crippen LogP contribution in [0.25, 0.3) is 5.52 Å². The maximum absolute atomic E-state index is 12.2. The summed E-state index contributed by atoms with van der Waals surface area (Å²) in [5, 5.41) is 4.10. The van der Waals surface area contributed by atoms with E-state index in [9.17, 15) is 9.59 Å². The second kappa shape index (κ2) is 5.30. The van der Waals surface area contributed by atoms with Crippen LogP contribution in [-0.4, -0.2) is 21.2 Å². The standard InChI is InChI=1S/C14H9BrN2O2S/c15-14-5-4-13(20-14)12(19)7-11(18)9-8-16-17-6-2-1-3-10(9)17/h1-6,8H,7H2. The van der Waals surface area contributed by atoms with E-state index < -0.39 is 0 Å². The molecule has 0 aliphatic rings. The van der Waals surface area contributed by atoms with E-state index in [0.717, 1.165) is 9.30 Å². The van der Waals surface area contributed by atoms with Gasteiger partial charge < -0.3 is 0 Å². The molecular weight excluding hydrogens is 340 g/mol. The van der Waals surface area contributed by atoms with Crippen molar-refractivity contribution in [1.29, 1.82) is 0 Å². The fraction of sp³-hybridized carbons (Fsp3) is 0.0714. The number of aromatic nitrogens is 2. The smallest absolute Gasteiger partial charge is 0.180 e. The molecule has 0 aliphatic carbocycles. The number of hydrogen-bond acceptors (Lipinski definition) is 4. The average molecular weight is 349 g/mol. The van der Waals surface area contributed by atoms with E-state index in [2.05, 4.69) is 21.0 Å². The predicted molar refractivity (Wildman–Crippen MR) is 80.5 cm³/mol. The van der Waals surface area contributed by atoms with Crippen LogP contribution < -0.4 is 0 Å². The average Bonchev–Trinajstić information content (AvgIpc) is 3.04. The monoisotopic (exact) mass is 348 g/mol. The zero-order valence-electron chi connectivity index (χ0n) is 10.2. The molecular formula is C14H9BrN2O2S. The fourth-order valence-corrected chi connectivity index (χ4v) is 3.27. The minimum absolute atomic E-state index is 0.136. The summed E-state index contributed by atoms with van der Waals surface area (Å²) in [4.78, 5) is 24.9. The first kappa shape index (κ1) is 13.2. The lowest BCUT2D eigenvalue weighted by Gasteiger charge is -1.98. The van der Waals surface area contributed by atoms with Crippen LogP contribution >= 0.6 is 27.3 Å². The van der Waals surface area contributed by atoms with Gasteiger partial charge in [0.2, 0.25) is 0 Å². The van der Waals surface area contributed by atoms with E-state index >= 15 is 0 Å². The van der Waals surface area contributed by atoms with Gasteiger partial charge >= 0.3 is 0 Å². The van der Waals surface area contributed by atoms with E-state index in [-0.39, 0.29) is 18.0 Å². The molecule has 0 atom stereocenters. The van der Waals surface area contributed by atoms with Crippen molar-refractivity contribution in [3.63, 3.8) is 0 Å². The van der Waals surface area contributed by atoms with Gasteiger partial charge in [0, 0.05) is 6.20 Å². The number of Topliss-reactive ketones (excluding diaryl/α,β-unsaturated/α-hetero) is 2. The summed E-state index contributed by atoms with van der Waals surface area (Å²) in [6.45, 7) is 0. The molecule has 3 heterocycles. The summed E-state index contributed by atoms with van der Waals surface area (Å²) < 4.78 is 2.50. The SMILES string of the molecule is O=C(CC(=O)c1cnn2ccccc12)c1ccc(Br)s1. The highest BCUT2D eigenvalue weighted by molar-refractivity contribution is 9.11. The van der Waals surface area contributed by atoms with Crippen LogP contribution in [0.2, 0.25) is 0 Å². The van der Waals surface area contributed by atoms with Gasteiger partial charge in [-0.2, -0.15) is 5.10 Å². The second-order valence-electron chi connectivity index (χ2n) is 4.22. The first-order valence-corrected chi connectivity index (χ1v) is 7.50. The number of fused-ring (bicyclic) bond motifs is 1. The number of carbonyl (C=O) groups excluding carboxylic acids is 2. The molecule has 0 fully saturated rings. The van der Waals surface area contributed by atoms with Gasteiger partial charge in [0.15, 0.2) is 11.6 Å². The number of hydrogen-bond donors (Lipinski definition) is 0. The van der Waals surface area contributed by atoms with Crippen LogP contribution in [0.1, 0.15) is 26.5 Å². The Morgan fingerprint density at radius 2 is 2.05 bits per heavy atom. The van der Waals surface area contributed by atoms with Gasteiger partial charge in [0.25, 0.3) is 0 Å². The molecule has 0 N–H and O–H groups in total. The zero-order chi connectivity index (χ0) is 14.1. The van der Waals surface area contributed by atoms with E-state index in [0.29, 0.717) is 10.4 Å². The molecule has 0 spiro atoms. The number of rotatable bonds is 4. The van der Waals surface area contributed by atoms with Crippen LogP contribution in [0, 0.1) is 0 Å². The van der Waals surface area contributed by atoms with E-state index in [1.54, 1.807) is 22.8 Å². The highest BCUT2D eigenvalue weighted by Gasteiger charge is 2.18. The molecule has 20 heavy (non-hydrogen) atoms.